The molecular weight excluding hydrogens is 228 g/mol. The van der Waals surface area contributed by atoms with Gasteiger partial charge in [0.15, 0.2) is 5.78 Å². The smallest absolute Gasteiger partial charge is 0.178 e. The molecule has 18 heavy (non-hydrogen) atoms. The van der Waals surface area contributed by atoms with Crippen molar-refractivity contribution in [3.05, 3.63) is 23.0 Å². The van der Waals surface area contributed by atoms with Crippen LogP contribution in [0.3, 0.4) is 0 Å². The van der Waals surface area contributed by atoms with Crippen LogP contribution in [0, 0.1) is 13.8 Å². The minimum atomic E-state index is 0.168. The average Bonchev–Trinajstić information content (AvgIpc) is 2.64. The maximum absolute atomic E-state index is 12.1. The van der Waals surface area contributed by atoms with Crippen LogP contribution in [-0.4, -0.2) is 47.5 Å². The maximum atomic E-state index is 12.1. The lowest BCUT2D eigenvalue weighted by atomic mass is 10.1. The first-order valence-electron chi connectivity index (χ1n) is 6.53. The molecule has 0 aliphatic heterocycles. The predicted octanol–water partition coefficient (Wildman–Crippen LogP) is 1.91. The Hall–Kier alpha value is -1.13. The molecule has 0 saturated carbocycles. The van der Waals surface area contributed by atoms with Crippen molar-refractivity contribution >= 4 is 5.78 Å². The van der Waals surface area contributed by atoms with Gasteiger partial charge in [-0.1, -0.05) is 0 Å². The van der Waals surface area contributed by atoms with Gasteiger partial charge < -0.3 is 10.1 Å². The fraction of sp³-hybridized carbons (Fsp3) is 0.643. The molecule has 0 aliphatic carbocycles. The SMILES string of the molecule is Cc1cc(C(=O)CN(C)CCCCCO)c(C)[nH]1. The Morgan fingerprint density at radius 2 is 2.06 bits per heavy atom. The van der Waals surface area contributed by atoms with Gasteiger partial charge in [-0.25, -0.2) is 0 Å². The van der Waals surface area contributed by atoms with Crippen LogP contribution in [0.15, 0.2) is 6.07 Å². The Labute approximate surface area is 109 Å². The molecule has 0 radical (unpaired) electrons. The summed E-state index contributed by atoms with van der Waals surface area (Å²) in [6, 6.07) is 1.91. The van der Waals surface area contributed by atoms with Gasteiger partial charge >= 0.3 is 0 Å². The number of nitrogens with one attached hydrogen (secondary N) is 1. The first kappa shape index (κ1) is 14.9. The lowest BCUT2D eigenvalue weighted by Gasteiger charge is -2.15. The van der Waals surface area contributed by atoms with Crippen LogP contribution in [0.4, 0.5) is 0 Å². The number of Topliss-reactive ketones (excluding diaryl/α,β-unsaturated/α-hetero) is 1. The van der Waals surface area contributed by atoms with Crippen LogP contribution in [-0.2, 0) is 0 Å². The van der Waals surface area contributed by atoms with Gasteiger partial charge in [-0.05, 0) is 52.8 Å². The van der Waals surface area contributed by atoms with Gasteiger partial charge in [0, 0.05) is 23.6 Å². The van der Waals surface area contributed by atoms with E-state index in [0.29, 0.717) is 6.54 Å². The second kappa shape index (κ2) is 7.34. The van der Waals surface area contributed by atoms with Crippen molar-refractivity contribution in [3.8, 4) is 0 Å². The first-order valence-corrected chi connectivity index (χ1v) is 6.53. The van der Waals surface area contributed by atoms with Crippen molar-refractivity contribution in [2.75, 3.05) is 26.7 Å². The Balaban J connectivity index is 2.37. The maximum Gasteiger partial charge on any atom is 0.178 e. The minimum absolute atomic E-state index is 0.168. The summed E-state index contributed by atoms with van der Waals surface area (Å²) in [7, 11) is 1.96. The number of hydrogen-bond acceptors (Lipinski definition) is 3. The summed E-state index contributed by atoms with van der Waals surface area (Å²) in [5.41, 5.74) is 2.78. The molecule has 1 rings (SSSR count). The van der Waals surface area contributed by atoms with E-state index in [2.05, 4.69) is 4.98 Å². The zero-order chi connectivity index (χ0) is 13.5. The fourth-order valence-corrected chi connectivity index (χ4v) is 2.09. The molecule has 0 bridgehead atoms. The lowest BCUT2D eigenvalue weighted by molar-refractivity contribution is 0.0944. The predicted molar refractivity (Wildman–Crippen MR) is 73.0 cm³/mol. The Bertz CT molecular complexity index is 385. The van der Waals surface area contributed by atoms with E-state index in [-0.39, 0.29) is 12.4 Å². The molecule has 0 aromatic carbocycles. The number of unbranched alkanes of at least 4 members (excludes halogenated alkanes) is 2. The number of aliphatic hydroxyl groups is 1. The molecule has 2 N–H and O–H groups in total. The Morgan fingerprint density at radius 1 is 1.33 bits per heavy atom. The van der Waals surface area contributed by atoms with E-state index in [0.717, 1.165) is 42.8 Å². The van der Waals surface area contributed by atoms with Gasteiger partial charge in [-0.3, -0.25) is 9.69 Å². The van der Waals surface area contributed by atoms with Crippen LogP contribution >= 0.6 is 0 Å². The third-order valence-corrected chi connectivity index (χ3v) is 3.06. The van der Waals surface area contributed by atoms with E-state index in [1.54, 1.807) is 0 Å². The number of aliphatic hydroxyl groups excluding tert-OH is 1. The summed E-state index contributed by atoms with van der Waals surface area (Å²) in [5.74, 6) is 0.168. The second-order valence-electron chi connectivity index (χ2n) is 4.94. The van der Waals surface area contributed by atoms with Crippen molar-refractivity contribution in [2.45, 2.75) is 33.1 Å². The number of hydrogen-bond donors (Lipinski definition) is 2. The molecule has 1 heterocycles. The van der Waals surface area contributed by atoms with Crippen LogP contribution in [0.5, 0.6) is 0 Å². The number of carbonyl (C=O) groups excluding carboxylic acids is 1. The summed E-state index contributed by atoms with van der Waals surface area (Å²) in [6.07, 6.45) is 2.88. The zero-order valence-corrected chi connectivity index (χ0v) is 11.6. The molecule has 4 heteroatoms. The van der Waals surface area contributed by atoms with Crippen LogP contribution < -0.4 is 0 Å². The largest absolute Gasteiger partial charge is 0.396 e. The van der Waals surface area contributed by atoms with E-state index in [1.807, 2.05) is 31.9 Å². The highest BCUT2D eigenvalue weighted by atomic mass is 16.2. The molecule has 0 spiro atoms. The molecule has 0 fully saturated rings. The second-order valence-corrected chi connectivity index (χ2v) is 4.94. The Kier molecular flexibility index (Phi) is 6.09. The summed E-state index contributed by atoms with van der Waals surface area (Å²) < 4.78 is 0. The zero-order valence-electron chi connectivity index (χ0n) is 11.6. The van der Waals surface area contributed by atoms with Crippen LogP contribution in [0.25, 0.3) is 0 Å². The number of aromatic amines is 1. The highest BCUT2D eigenvalue weighted by Gasteiger charge is 2.13. The van der Waals surface area contributed by atoms with Crippen LogP contribution in [0.1, 0.15) is 41.0 Å². The van der Waals surface area contributed by atoms with Crippen molar-refractivity contribution in [1.82, 2.24) is 9.88 Å². The quantitative estimate of drug-likeness (QED) is 0.549. The van der Waals surface area contributed by atoms with Gasteiger partial charge in [0.25, 0.3) is 0 Å². The summed E-state index contributed by atoms with van der Waals surface area (Å²) in [5, 5.41) is 8.69. The third kappa shape index (κ3) is 4.63. The summed E-state index contributed by atoms with van der Waals surface area (Å²) in [4.78, 5) is 17.3. The molecule has 102 valence electrons. The average molecular weight is 252 g/mol. The Morgan fingerprint density at radius 3 is 2.61 bits per heavy atom. The molecular formula is C14H24N2O2. The molecule has 0 amide bonds. The van der Waals surface area contributed by atoms with Gasteiger partial charge in [0.05, 0.1) is 6.54 Å². The van der Waals surface area contributed by atoms with E-state index >= 15 is 0 Å². The molecule has 0 atom stereocenters. The van der Waals surface area contributed by atoms with E-state index in [9.17, 15) is 4.79 Å². The van der Waals surface area contributed by atoms with Crippen molar-refractivity contribution < 1.29 is 9.90 Å². The summed E-state index contributed by atoms with van der Waals surface area (Å²) >= 11 is 0. The fourth-order valence-electron chi connectivity index (χ4n) is 2.09. The minimum Gasteiger partial charge on any atom is -0.396 e. The topological polar surface area (TPSA) is 56.3 Å². The first-order chi connectivity index (χ1) is 8.54. The molecule has 0 aliphatic rings. The standard InChI is InChI=1S/C14H24N2O2/c1-11-9-13(12(2)15-11)14(18)10-16(3)7-5-4-6-8-17/h9,15,17H,4-8,10H2,1-3H3. The molecule has 4 nitrogen and oxygen atoms in total. The number of carbonyl (C=O) groups is 1. The van der Waals surface area contributed by atoms with E-state index < -0.39 is 0 Å². The highest BCUT2D eigenvalue weighted by Crippen LogP contribution is 2.10. The third-order valence-electron chi connectivity index (χ3n) is 3.06. The molecule has 1 aromatic heterocycles. The van der Waals surface area contributed by atoms with Crippen LogP contribution in [0.2, 0.25) is 0 Å². The highest BCUT2D eigenvalue weighted by molar-refractivity contribution is 5.98. The molecule has 0 saturated heterocycles. The number of aromatic nitrogens is 1. The monoisotopic (exact) mass is 252 g/mol. The number of rotatable bonds is 8. The van der Waals surface area contributed by atoms with Gasteiger partial charge in [-0.15, -0.1) is 0 Å². The van der Waals surface area contributed by atoms with Gasteiger partial charge in [-0.2, -0.15) is 0 Å². The van der Waals surface area contributed by atoms with Gasteiger partial charge in [0.2, 0.25) is 0 Å². The number of likely N-dealkylation sites (N-methyl/N-ethyl adjacent to an activating group) is 1. The number of nitrogens with zero attached hydrogens (tertiary/aromatic N) is 1. The lowest BCUT2D eigenvalue weighted by Crippen LogP contribution is -2.27. The number of ketones is 1. The molecule has 1 aromatic rings. The van der Waals surface area contributed by atoms with Crippen molar-refractivity contribution in [2.24, 2.45) is 0 Å². The summed E-state index contributed by atoms with van der Waals surface area (Å²) in [6.45, 7) is 5.50. The number of H-pyrrole nitrogens is 1. The van der Waals surface area contributed by atoms with Crippen molar-refractivity contribution in [1.29, 1.82) is 0 Å². The van der Waals surface area contributed by atoms with Crippen molar-refractivity contribution in [3.63, 3.8) is 0 Å². The molecule has 0 unspecified atom stereocenters. The van der Waals surface area contributed by atoms with Gasteiger partial charge in [0.1, 0.15) is 0 Å². The number of aryl methyl sites for hydroxylation is 2. The van der Waals surface area contributed by atoms with E-state index in [1.165, 1.54) is 0 Å². The normalized spacial score (nSPS) is 11.2. The van der Waals surface area contributed by atoms with E-state index in [4.69, 9.17) is 5.11 Å².